The molecule has 3 aromatic rings. The van der Waals surface area contributed by atoms with Crippen molar-refractivity contribution in [2.24, 2.45) is 5.92 Å². The minimum absolute atomic E-state index is 0.0533. The minimum atomic E-state index is -1.83. The van der Waals surface area contributed by atoms with Crippen molar-refractivity contribution >= 4 is 88.7 Å². The SMILES string of the molecule is CCCCC(CC)COC(=O)C(C#N)=C1Sc2c(OC(=O)C(C)(C)OC(C)=O)c3c(c(OC(=O)C(C)(C)OC(C)=O)c2S1)SC(=C1C(=O)N(Cc2ccccc2)N(Cc2ccccc2)C1=O)S3. The lowest BCUT2D eigenvalue weighted by molar-refractivity contribution is -0.171. The summed E-state index contributed by atoms with van der Waals surface area (Å²) in [7, 11) is 0. The number of carbonyl (C=O) groups is 7. The first kappa shape index (κ1) is 50.7. The highest BCUT2D eigenvalue weighted by atomic mass is 32.2. The van der Waals surface area contributed by atoms with Crippen molar-refractivity contribution in [2.75, 3.05) is 6.61 Å². The normalized spacial score (nSPS) is 14.9. The van der Waals surface area contributed by atoms with Gasteiger partial charge in [0.25, 0.3) is 11.8 Å². The van der Waals surface area contributed by atoms with E-state index in [2.05, 4.69) is 6.92 Å². The van der Waals surface area contributed by atoms with Gasteiger partial charge in [0.1, 0.15) is 11.6 Å². The highest BCUT2D eigenvalue weighted by Crippen LogP contribution is 2.69. The van der Waals surface area contributed by atoms with E-state index in [-0.39, 0.29) is 76.3 Å². The van der Waals surface area contributed by atoms with Crippen LogP contribution in [0.1, 0.15) is 92.2 Å². The lowest BCUT2D eigenvalue weighted by atomic mass is 10.0. The molecule has 3 aliphatic heterocycles. The number of carbonyl (C=O) groups excluding carboxylic acids is 7. The number of rotatable bonds is 17. The summed E-state index contributed by atoms with van der Waals surface area (Å²) in [5, 5.41) is 13.1. The molecule has 1 fully saturated rings. The van der Waals surface area contributed by atoms with Gasteiger partial charge >= 0.3 is 29.8 Å². The highest BCUT2D eigenvalue weighted by molar-refractivity contribution is 8.26. The number of nitrogens with zero attached hydrogens (tertiary/aromatic N) is 3. The van der Waals surface area contributed by atoms with Crippen LogP contribution in [0, 0.1) is 17.2 Å². The van der Waals surface area contributed by atoms with Gasteiger partial charge in [-0.3, -0.25) is 19.2 Å². The van der Waals surface area contributed by atoms with Crippen LogP contribution >= 0.6 is 47.0 Å². The van der Waals surface area contributed by atoms with Crippen LogP contribution < -0.4 is 9.47 Å². The molecule has 15 nitrogen and oxygen atoms in total. The topological polar surface area (TPSA) is 196 Å². The van der Waals surface area contributed by atoms with E-state index in [1.165, 1.54) is 37.7 Å². The van der Waals surface area contributed by atoms with Crippen molar-refractivity contribution in [3.8, 4) is 17.6 Å². The van der Waals surface area contributed by atoms with Gasteiger partial charge in [-0.2, -0.15) is 5.26 Å². The van der Waals surface area contributed by atoms with Crippen molar-refractivity contribution in [2.45, 2.75) is 125 Å². The lowest BCUT2D eigenvalue weighted by Crippen LogP contribution is -2.40. The molecule has 352 valence electrons. The number of unbranched alkanes of at least 4 members (excludes halogenated alkanes) is 1. The first-order chi connectivity index (χ1) is 31.8. The summed E-state index contributed by atoms with van der Waals surface area (Å²) in [6.07, 6.45) is 3.49. The van der Waals surface area contributed by atoms with Crippen LogP contribution in [0.2, 0.25) is 0 Å². The van der Waals surface area contributed by atoms with Crippen LogP contribution in [0.4, 0.5) is 0 Å². The number of benzene rings is 3. The second-order valence-electron chi connectivity index (χ2n) is 16.5. The molecule has 1 unspecified atom stereocenters. The molecule has 19 heteroatoms. The van der Waals surface area contributed by atoms with Crippen LogP contribution in [0.15, 0.2) is 99.9 Å². The van der Waals surface area contributed by atoms with Gasteiger partial charge in [-0.25, -0.2) is 24.4 Å². The maximum absolute atomic E-state index is 14.7. The molecule has 2 amide bonds. The fourth-order valence-electron chi connectivity index (χ4n) is 6.93. The molecule has 0 saturated carbocycles. The molecule has 0 radical (unpaired) electrons. The predicted octanol–water partition coefficient (Wildman–Crippen LogP) is 9.27. The molecule has 0 spiro atoms. The Bertz CT molecular complexity index is 2460. The molecular weight excluding hydrogens is 939 g/mol. The molecule has 1 atom stereocenters. The number of fused-ring (bicyclic) bond motifs is 2. The number of esters is 5. The summed E-state index contributed by atoms with van der Waals surface area (Å²) >= 11 is 3.57. The number of ether oxygens (including phenoxy) is 5. The Hall–Kier alpha value is -5.68. The van der Waals surface area contributed by atoms with Crippen LogP contribution in [-0.4, -0.2) is 69.5 Å². The second kappa shape index (κ2) is 21.5. The minimum Gasteiger partial charge on any atom is -0.461 e. The van der Waals surface area contributed by atoms with Gasteiger partial charge in [0.2, 0.25) is 11.2 Å². The van der Waals surface area contributed by atoms with Crippen molar-refractivity contribution < 1.29 is 57.2 Å². The van der Waals surface area contributed by atoms with Crippen LogP contribution in [0.25, 0.3) is 0 Å². The molecule has 0 aromatic heterocycles. The molecule has 3 aromatic carbocycles. The zero-order valence-corrected chi connectivity index (χ0v) is 41.4. The largest absolute Gasteiger partial charge is 0.461 e. The maximum atomic E-state index is 14.7. The quantitative estimate of drug-likeness (QED) is 0.0310. The Morgan fingerprint density at radius 3 is 1.51 bits per heavy atom. The predicted molar refractivity (Wildman–Crippen MR) is 251 cm³/mol. The molecule has 0 bridgehead atoms. The van der Waals surface area contributed by atoms with Crippen molar-refractivity contribution in [3.63, 3.8) is 0 Å². The Labute approximate surface area is 405 Å². The van der Waals surface area contributed by atoms with E-state index in [1.54, 1.807) is 0 Å². The lowest BCUT2D eigenvalue weighted by Gasteiger charge is -2.27. The molecular formula is C48H49N3O12S4. The zero-order valence-electron chi connectivity index (χ0n) is 38.2. The van der Waals surface area contributed by atoms with E-state index in [9.17, 15) is 38.8 Å². The number of amides is 2. The summed E-state index contributed by atoms with van der Waals surface area (Å²) < 4.78 is 28.9. The molecule has 0 N–H and O–H groups in total. The highest BCUT2D eigenvalue weighted by Gasteiger charge is 2.48. The van der Waals surface area contributed by atoms with Gasteiger partial charge in [0.15, 0.2) is 17.1 Å². The Balaban J connectivity index is 1.52. The summed E-state index contributed by atoms with van der Waals surface area (Å²) in [6, 6.07) is 20.3. The van der Waals surface area contributed by atoms with Gasteiger partial charge < -0.3 is 23.7 Å². The van der Waals surface area contributed by atoms with Crippen molar-refractivity contribution in [1.82, 2.24) is 10.0 Å². The van der Waals surface area contributed by atoms with Gasteiger partial charge in [0.05, 0.1) is 47.8 Å². The average molecular weight is 988 g/mol. The number of thioether (sulfide) groups is 4. The third-order valence-electron chi connectivity index (χ3n) is 10.4. The first-order valence-corrected chi connectivity index (χ1v) is 24.6. The summed E-state index contributed by atoms with van der Waals surface area (Å²) in [5.74, 6) is -5.90. The van der Waals surface area contributed by atoms with E-state index in [0.29, 0.717) is 0 Å². The van der Waals surface area contributed by atoms with Gasteiger partial charge in [0, 0.05) is 13.8 Å². The Morgan fingerprint density at radius 1 is 0.687 bits per heavy atom. The van der Waals surface area contributed by atoms with E-state index >= 15 is 0 Å². The van der Waals surface area contributed by atoms with Crippen LogP contribution in [0.5, 0.6) is 11.5 Å². The van der Waals surface area contributed by atoms with E-state index < -0.39 is 52.9 Å². The molecule has 67 heavy (non-hydrogen) atoms. The summed E-state index contributed by atoms with van der Waals surface area (Å²) in [5.41, 5.74) is -2.70. The smallest absolute Gasteiger partial charge is 0.355 e. The second-order valence-corrected chi connectivity index (χ2v) is 21.1. The third kappa shape index (κ3) is 11.5. The first-order valence-electron chi connectivity index (χ1n) is 21.4. The number of hydrazine groups is 1. The zero-order chi connectivity index (χ0) is 48.8. The maximum Gasteiger partial charge on any atom is 0.355 e. The van der Waals surface area contributed by atoms with Crippen LogP contribution in [0.3, 0.4) is 0 Å². The molecule has 3 heterocycles. The Morgan fingerprint density at radius 2 is 1.12 bits per heavy atom. The van der Waals surface area contributed by atoms with E-state index in [4.69, 9.17) is 23.7 Å². The average Bonchev–Trinajstić information content (AvgIpc) is 3.97. The standard InChI is InChI=1S/C48H49N3O12S4/c1-9-11-18-29(10-2)26-59-42(56)32(23-49)43-64-36-34(60-45(57)47(5,6)62-27(3)52)38-39(35(37(36)65-43)61-46(58)48(7,8)63-28(4)53)67-44(66-38)33-40(54)50(24-30-19-14-12-15-20-30)51(41(33)55)25-31-21-16-13-17-22-31/h12-17,19-22,29H,9-11,18,24-26H2,1-8H3. The van der Waals surface area contributed by atoms with Gasteiger partial charge in [-0.05, 0) is 51.2 Å². The summed E-state index contributed by atoms with van der Waals surface area (Å²) in [4.78, 5) is 95.8. The molecule has 1 saturated heterocycles. The molecule has 3 aliphatic rings. The third-order valence-corrected chi connectivity index (χ3v) is 15.6. The molecule has 6 rings (SSSR count). The number of hydrogen-bond acceptors (Lipinski definition) is 17. The fraction of sp³-hybridized carbons (Fsp3) is 0.375. The Kier molecular flexibility index (Phi) is 16.3. The number of hydrogen-bond donors (Lipinski definition) is 0. The van der Waals surface area contributed by atoms with Crippen LogP contribution in [-0.2, 0) is 60.9 Å². The summed E-state index contributed by atoms with van der Waals surface area (Å²) in [6.45, 7) is 11.8. The fourth-order valence-corrected chi connectivity index (χ4v) is 12.3. The monoisotopic (exact) mass is 987 g/mol. The van der Waals surface area contributed by atoms with Crippen molar-refractivity contribution in [1.29, 1.82) is 5.26 Å². The molecule has 0 aliphatic carbocycles. The van der Waals surface area contributed by atoms with Gasteiger partial charge in [-0.1, -0.05) is 141 Å². The number of nitriles is 1. The van der Waals surface area contributed by atoms with E-state index in [1.807, 2.05) is 73.7 Å². The van der Waals surface area contributed by atoms with Gasteiger partial charge in [-0.15, -0.1) is 0 Å². The van der Waals surface area contributed by atoms with E-state index in [0.717, 1.165) is 97.7 Å². The van der Waals surface area contributed by atoms with Crippen molar-refractivity contribution in [3.05, 3.63) is 91.4 Å².